The molecular formula is C21H31BN4O. The summed E-state index contributed by atoms with van der Waals surface area (Å²) in [6, 6.07) is 3.91. The summed E-state index contributed by atoms with van der Waals surface area (Å²) < 4.78 is 0. The molecule has 2 aliphatic rings. The lowest BCUT2D eigenvalue weighted by Crippen LogP contribution is -2.35. The summed E-state index contributed by atoms with van der Waals surface area (Å²) in [6.07, 6.45) is 8.44. The molecule has 0 bridgehead atoms. The highest BCUT2D eigenvalue weighted by Crippen LogP contribution is 2.34. The molecule has 0 unspecified atom stereocenters. The zero-order valence-corrected chi connectivity index (χ0v) is 16.9. The number of carbonyl (C=O) groups excluding carboxylic acids is 1. The minimum Gasteiger partial charge on any atom is -0.357 e. The minimum atomic E-state index is 0.0105. The highest BCUT2D eigenvalue weighted by atomic mass is 16.2. The molecule has 0 radical (unpaired) electrons. The van der Waals surface area contributed by atoms with Gasteiger partial charge in [-0.2, -0.15) is 0 Å². The van der Waals surface area contributed by atoms with Crippen LogP contribution in [0.4, 0.5) is 5.82 Å². The number of aryl methyl sites for hydroxylation is 1. The smallest absolute Gasteiger partial charge is 0.267 e. The molecule has 0 N–H and O–H groups in total. The third-order valence-electron chi connectivity index (χ3n) is 6.34. The van der Waals surface area contributed by atoms with Gasteiger partial charge < -0.3 is 9.80 Å². The van der Waals surface area contributed by atoms with Crippen molar-refractivity contribution < 1.29 is 4.79 Å². The van der Waals surface area contributed by atoms with E-state index in [1.165, 1.54) is 32.1 Å². The molecular weight excluding hydrogens is 335 g/mol. The normalized spacial score (nSPS) is 19.0. The van der Waals surface area contributed by atoms with E-state index in [1.807, 2.05) is 19.1 Å². The molecule has 5 nitrogen and oxygen atoms in total. The topological polar surface area (TPSA) is 60.2 Å². The Morgan fingerprint density at radius 1 is 1.22 bits per heavy atom. The van der Waals surface area contributed by atoms with Gasteiger partial charge >= 0.3 is 0 Å². The van der Waals surface area contributed by atoms with E-state index in [2.05, 4.69) is 10.9 Å². The molecule has 2 fully saturated rings. The number of nitriles is 1. The lowest BCUT2D eigenvalue weighted by molar-refractivity contribution is 0.0826. The number of hydrogen-bond donors (Lipinski definition) is 0. The van der Waals surface area contributed by atoms with Gasteiger partial charge in [0, 0.05) is 33.2 Å². The highest BCUT2D eigenvalue weighted by Gasteiger charge is 2.28. The van der Waals surface area contributed by atoms with Gasteiger partial charge in [-0.05, 0) is 50.2 Å². The molecule has 2 saturated heterocycles. The molecule has 0 aromatic carbocycles. The third kappa shape index (κ3) is 4.83. The van der Waals surface area contributed by atoms with Crippen molar-refractivity contribution in [3.05, 3.63) is 23.4 Å². The number of rotatable bonds is 4. The largest absolute Gasteiger partial charge is 0.357 e. The van der Waals surface area contributed by atoms with Crippen LogP contribution in [-0.4, -0.2) is 49.7 Å². The summed E-state index contributed by atoms with van der Waals surface area (Å²) in [5.74, 6) is 5.07. The summed E-state index contributed by atoms with van der Waals surface area (Å²) in [6.45, 7) is 4.32. The Bertz CT molecular complexity index is 699. The minimum absolute atomic E-state index is 0.0105. The third-order valence-corrected chi connectivity index (χ3v) is 6.34. The fraction of sp³-hybridized carbons (Fsp3) is 0.667. The molecule has 0 aliphatic carbocycles. The summed E-state index contributed by atoms with van der Waals surface area (Å²) in [5, 5.41) is 9.05. The van der Waals surface area contributed by atoms with Gasteiger partial charge in [0.15, 0.2) is 0 Å². The number of amides is 1. The van der Waals surface area contributed by atoms with E-state index >= 15 is 0 Å². The first-order valence-electron chi connectivity index (χ1n) is 10.3. The van der Waals surface area contributed by atoms with Gasteiger partial charge in [-0.15, -0.1) is 0 Å². The molecule has 144 valence electrons. The predicted octanol–water partition coefficient (Wildman–Crippen LogP) is 3.67. The van der Waals surface area contributed by atoms with Crippen molar-refractivity contribution in [3.63, 3.8) is 0 Å². The van der Waals surface area contributed by atoms with Crippen LogP contribution < -0.4 is 4.90 Å². The Hall–Kier alpha value is -2.03. The fourth-order valence-corrected chi connectivity index (χ4v) is 4.59. The van der Waals surface area contributed by atoms with E-state index in [0.717, 1.165) is 49.1 Å². The van der Waals surface area contributed by atoms with Crippen LogP contribution >= 0.6 is 0 Å². The Kier molecular flexibility index (Phi) is 6.41. The summed E-state index contributed by atoms with van der Waals surface area (Å²) in [5.41, 5.74) is 1.49. The Balaban J connectivity index is 1.51. The monoisotopic (exact) mass is 366 g/mol. The number of pyridine rings is 1. The second kappa shape index (κ2) is 8.78. The molecule has 3 rings (SSSR count). The van der Waals surface area contributed by atoms with Gasteiger partial charge in [0.25, 0.3) is 12.6 Å². The maximum absolute atomic E-state index is 12.2. The fourth-order valence-electron chi connectivity index (χ4n) is 4.59. The second-order valence-corrected chi connectivity index (χ2v) is 8.51. The van der Waals surface area contributed by atoms with Crippen molar-refractivity contribution in [2.45, 2.75) is 51.7 Å². The van der Waals surface area contributed by atoms with Crippen LogP contribution in [0.5, 0.6) is 0 Å². The van der Waals surface area contributed by atoms with E-state index in [1.54, 1.807) is 19.0 Å². The molecule has 27 heavy (non-hydrogen) atoms. The van der Waals surface area contributed by atoms with Crippen LogP contribution in [-0.2, 0) is 0 Å². The quantitative estimate of drug-likeness (QED) is 0.763. The van der Waals surface area contributed by atoms with E-state index < -0.39 is 0 Å². The molecule has 6 heteroatoms. The Labute approximate surface area is 163 Å². The van der Waals surface area contributed by atoms with Gasteiger partial charge in [-0.3, -0.25) is 4.79 Å². The highest BCUT2D eigenvalue weighted by molar-refractivity contribution is 6.67. The van der Waals surface area contributed by atoms with E-state index in [9.17, 15) is 4.79 Å². The number of carbonyl (C=O) groups is 1. The molecule has 3 heterocycles. The SMILES string of the molecule is Cc1nc(N2CCC(CC3CCB(C#N)CC3)CC2)ccc1C(=O)N(C)C. The van der Waals surface area contributed by atoms with Crippen molar-refractivity contribution in [2.75, 3.05) is 32.1 Å². The van der Waals surface area contributed by atoms with Crippen LogP contribution in [0.3, 0.4) is 0 Å². The van der Waals surface area contributed by atoms with E-state index in [0.29, 0.717) is 12.3 Å². The zero-order valence-electron chi connectivity index (χ0n) is 16.9. The lowest BCUT2D eigenvalue weighted by atomic mass is 9.41. The maximum Gasteiger partial charge on any atom is 0.267 e. The van der Waals surface area contributed by atoms with Crippen molar-refractivity contribution in [2.24, 2.45) is 11.8 Å². The van der Waals surface area contributed by atoms with Crippen LogP contribution in [0.15, 0.2) is 12.1 Å². The Morgan fingerprint density at radius 2 is 1.85 bits per heavy atom. The number of anilines is 1. The van der Waals surface area contributed by atoms with Crippen molar-refractivity contribution >= 4 is 18.4 Å². The zero-order chi connectivity index (χ0) is 19.4. The second-order valence-electron chi connectivity index (χ2n) is 8.51. The first-order valence-corrected chi connectivity index (χ1v) is 10.3. The number of piperidine rings is 1. The molecule has 0 saturated carbocycles. The van der Waals surface area contributed by atoms with Crippen molar-refractivity contribution in [1.82, 2.24) is 9.88 Å². The lowest BCUT2D eigenvalue weighted by Gasteiger charge is -2.35. The van der Waals surface area contributed by atoms with Gasteiger partial charge in [0.2, 0.25) is 0 Å². The molecule has 0 spiro atoms. The van der Waals surface area contributed by atoms with Crippen LogP contribution in [0, 0.1) is 30.0 Å². The van der Waals surface area contributed by atoms with Gasteiger partial charge in [-0.1, -0.05) is 25.5 Å². The molecule has 2 aliphatic heterocycles. The van der Waals surface area contributed by atoms with Crippen LogP contribution in [0.1, 0.15) is 48.2 Å². The first kappa shape index (κ1) is 19.7. The summed E-state index contributed by atoms with van der Waals surface area (Å²) >= 11 is 0. The standard InChI is InChI=1S/C21H31BN4O/c1-16-19(21(27)25(2)3)4-5-20(24-16)26-12-8-18(9-13-26)14-17-6-10-22(15-23)11-7-17/h4-5,17-18H,6-14H2,1-3H3. The molecule has 1 aromatic rings. The predicted molar refractivity (Wildman–Crippen MR) is 110 cm³/mol. The number of hydrogen-bond acceptors (Lipinski definition) is 4. The average molecular weight is 366 g/mol. The van der Waals surface area contributed by atoms with Crippen molar-refractivity contribution in [1.29, 1.82) is 5.26 Å². The Morgan fingerprint density at radius 3 is 2.41 bits per heavy atom. The van der Waals surface area contributed by atoms with Gasteiger partial charge in [0.05, 0.1) is 11.3 Å². The van der Waals surface area contributed by atoms with E-state index in [4.69, 9.17) is 10.2 Å². The van der Waals surface area contributed by atoms with Crippen LogP contribution in [0.25, 0.3) is 0 Å². The first-order chi connectivity index (χ1) is 13.0. The number of aromatic nitrogens is 1. The van der Waals surface area contributed by atoms with Crippen molar-refractivity contribution in [3.8, 4) is 5.97 Å². The molecule has 1 aromatic heterocycles. The molecule has 0 atom stereocenters. The maximum atomic E-state index is 12.2. The van der Waals surface area contributed by atoms with Gasteiger partial charge in [-0.25, -0.2) is 10.2 Å². The van der Waals surface area contributed by atoms with E-state index in [-0.39, 0.29) is 5.91 Å². The average Bonchev–Trinajstić information content (AvgIpc) is 2.68. The summed E-state index contributed by atoms with van der Waals surface area (Å²) in [7, 11) is 3.54. The van der Waals surface area contributed by atoms with Gasteiger partial charge in [0.1, 0.15) is 5.82 Å². The number of nitrogens with zero attached hydrogens (tertiary/aromatic N) is 4. The van der Waals surface area contributed by atoms with Crippen LogP contribution in [0.2, 0.25) is 12.6 Å². The molecule has 1 amide bonds. The summed E-state index contributed by atoms with van der Waals surface area (Å²) in [4.78, 5) is 20.8.